The van der Waals surface area contributed by atoms with Crippen LogP contribution < -0.4 is 15.4 Å². The number of aromatic nitrogens is 3. The third kappa shape index (κ3) is 3.16. The van der Waals surface area contributed by atoms with Crippen LogP contribution in [0.15, 0.2) is 59.7 Å². The Balaban J connectivity index is 1.74. The van der Waals surface area contributed by atoms with Gasteiger partial charge in [-0.2, -0.15) is 4.99 Å². The van der Waals surface area contributed by atoms with Gasteiger partial charge in [-0.05, 0) is 36.4 Å². The summed E-state index contributed by atoms with van der Waals surface area (Å²) in [6, 6.07) is 8.42. The number of rotatable bonds is 4. The molecule has 1 aromatic carbocycles. The number of carbonyl (C=O) groups is 2. The lowest BCUT2D eigenvalue weighted by Gasteiger charge is -2.16. The monoisotopic (exact) mass is 414 g/mol. The number of aliphatic imine (C=N–C) groups is 1. The summed E-state index contributed by atoms with van der Waals surface area (Å²) in [5, 5.41) is 5.41. The quantitative estimate of drug-likeness (QED) is 0.681. The van der Waals surface area contributed by atoms with Crippen LogP contribution >= 0.6 is 0 Å². The molecule has 0 spiro atoms. The molecule has 9 nitrogen and oxygen atoms in total. The normalized spacial score (nSPS) is 17.1. The van der Waals surface area contributed by atoms with Crippen molar-refractivity contribution in [2.75, 3.05) is 14.2 Å². The average molecular weight is 414 g/mol. The maximum Gasteiger partial charge on any atom is 0.342 e. The number of pyridine rings is 1. The number of ether oxygens (including phenoxy) is 1. The maximum atomic E-state index is 12.1. The van der Waals surface area contributed by atoms with E-state index in [1.807, 2.05) is 34.9 Å². The Labute approximate surface area is 177 Å². The Morgan fingerprint density at radius 3 is 2.94 bits per heavy atom. The smallest absolute Gasteiger partial charge is 0.342 e. The standard InChI is InChI=1S/C22H18N6O3/c1-23-21(29)13-3-6-18-17(9-13)25-20(12-7-8-24-19(10-12)31-2)28(18)14-4-5-15-16(11-14)27-22(30)26-15/h3-11,15H,1-2H3,(H,23,29)(H,26,30). The molecule has 1 atom stereocenters. The molecule has 3 aromatic rings. The summed E-state index contributed by atoms with van der Waals surface area (Å²) in [6.45, 7) is 0. The van der Waals surface area contributed by atoms with E-state index in [1.165, 1.54) is 0 Å². The lowest BCUT2D eigenvalue weighted by atomic mass is 10.0. The Morgan fingerprint density at radius 2 is 2.13 bits per heavy atom. The van der Waals surface area contributed by atoms with Crippen molar-refractivity contribution in [3.05, 3.63) is 60.3 Å². The summed E-state index contributed by atoms with van der Waals surface area (Å²) >= 11 is 0. The van der Waals surface area contributed by atoms with Crippen molar-refractivity contribution >= 4 is 34.4 Å². The van der Waals surface area contributed by atoms with Gasteiger partial charge in [0.05, 0.1) is 29.9 Å². The van der Waals surface area contributed by atoms with Crippen LogP contribution in [-0.2, 0) is 0 Å². The van der Waals surface area contributed by atoms with Crippen LogP contribution in [0.25, 0.3) is 28.1 Å². The van der Waals surface area contributed by atoms with Crippen LogP contribution in [0.1, 0.15) is 10.4 Å². The van der Waals surface area contributed by atoms with Crippen LogP contribution in [0.5, 0.6) is 5.88 Å². The molecular weight excluding hydrogens is 396 g/mol. The first-order chi connectivity index (χ1) is 15.1. The molecule has 31 heavy (non-hydrogen) atoms. The number of benzene rings is 1. The van der Waals surface area contributed by atoms with Crippen LogP contribution in [0.3, 0.4) is 0 Å². The van der Waals surface area contributed by atoms with Gasteiger partial charge in [0.1, 0.15) is 5.82 Å². The Morgan fingerprint density at radius 1 is 1.26 bits per heavy atom. The van der Waals surface area contributed by atoms with Gasteiger partial charge in [-0.1, -0.05) is 6.08 Å². The van der Waals surface area contributed by atoms with E-state index >= 15 is 0 Å². The summed E-state index contributed by atoms with van der Waals surface area (Å²) in [6.07, 6.45) is 7.32. The number of nitrogens with one attached hydrogen (secondary N) is 2. The second kappa shape index (κ2) is 7.21. The molecule has 2 aromatic heterocycles. The maximum absolute atomic E-state index is 12.1. The molecule has 9 heteroatoms. The van der Waals surface area contributed by atoms with E-state index < -0.39 is 0 Å². The zero-order valence-corrected chi connectivity index (χ0v) is 16.8. The summed E-state index contributed by atoms with van der Waals surface area (Å²) < 4.78 is 7.24. The number of urea groups is 1. The van der Waals surface area contributed by atoms with E-state index in [2.05, 4.69) is 20.6 Å². The minimum absolute atomic E-state index is 0.187. The van der Waals surface area contributed by atoms with Gasteiger partial charge in [0.15, 0.2) is 0 Å². The highest BCUT2D eigenvalue weighted by atomic mass is 16.5. The van der Waals surface area contributed by atoms with Gasteiger partial charge in [0.2, 0.25) is 5.88 Å². The lowest BCUT2D eigenvalue weighted by Crippen LogP contribution is -2.30. The fourth-order valence-corrected chi connectivity index (χ4v) is 3.71. The van der Waals surface area contributed by atoms with Crippen molar-refractivity contribution in [3.8, 4) is 17.3 Å². The molecule has 5 rings (SSSR count). The van der Waals surface area contributed by atoms with Crippen molar-refractivity contribution in [3.63, 3.8) is 0 Å². The third-order valence-electron chi connectivity index (χ3n) is 5.19. The number of fused-ring (bicyclic) bond motifs is 2. The number of carbonyl (C=O) groups excluding carboxylic acids is 2. The summed E-state index contributed by atoms with van der Waals surface area (Å²) in [5.41, 5.74) is 4.22. The first-order valence-corrected chi connectivity index (χ1v) is 9.62. The van der Waals surface area contributed by atoms with E-state index in [1.54, 1.807) is 38.6 Å². The number of hydrogen-bond donors (Lipinski definition) is 2. The number of methoxy groups -OCH3 is 1. The molecule has 3 amide bonds. The summed E-state index contributed by atoms with van der Waals surface area (Å²) in [7, 11) is 3.14. The molecule has 2 N–H and O–H groups in total. The second-order valence-corrected chi connectivity index (χ2v) is 7.03. The van der Waals surface area contributed by atoms with Crippen molar-refractivity contribution in [2.24, 2.45) is 4.99 Å². The average Bonchev–Trinajstić information content (AvgIpc) is 3.36. The minimum atomic E-state index is -0.355. The lowest BCUT2D eigenvalue weighted by molar-refractivity contribution is 0.0963. The molecule has 1 unspecified atom stereocenters. The van der Waals surface area contributed by atoms with Crippen molar-refractivity contribution in [1.82, 2.24) is 25.2 Å². The van der Waals surface area contributed by atoms with E-state index in [9.17, 15) is 9.59 Å². The van der Waals surface area contributed by atoms with Gasteiger partial charge in [-0.3, -0.25) is 9.36 Å². The molecule has 3 heterocycles. The fourth-order valence-electron chi connectivity index (χ4n) is 3.71. The topological polar surface area (TPSA) is 110 Å². The molecular formula is C22H18N6O3. The molecule has 0 saturated heterocycles. The van der Waals surface area contributed by atoms with Gasteiger partial charge in [-0.15, -0.1) is 0 Å². The second-order valence-electron chi connectivity index (χ2n) is 7.03. The molecule has 0 bridgehead atoms. The fraction of sp³-hybridized carbons (Fsp3) is 0.136. The van der Waals surface area contributed by atoms with Crippen LogP contribution in [-0.4, -0.2) is 52.4 Å². The van der Waals surface area contributed by atoms with Crippen LogP contribution in [0.4, 0.5) is 4.79 Å². The summed E-state index contributed by atoms with van der Waals surface area (Å²) in [4.78, 5) is 36.8. The van der Waals surface area contributed by atoms with Gasteiger partial charge in [0.25, 0.3) is 5.91 Å². The van der Waals surface area contributed by atoms with Gasteiger partial charge in [0, 0.05) is 36.1 Å². The molecule has 0 fully saturated rings. The minimum Gasteiger partial charge on any atom is -0.481 e. The van der Waals surface area contributed by atoms with Crippen LogP contribution in [0.2, 0.25) is 0 Å². The van der Waals surface area contributed by atoms with Crippen LogP contribution in [0, 0.1) is 0 Å². The largest absolute Gasteiger partial charge is 0.481 e. The number of hydrogen-bond acceptors (Lipinski definition) is 5. The Bertz CT molecular complexity index is 1330. The highest BCUT2D eigenvalue weighted by Gasteiger charge is 2.26. The van der Waals surface area contributed by atoms with Gasteiger partial charge < -0.3 is 15.4 Å². The predicted octanol–water partition coefficient (Wildman–Crippen LogP) is 2.41. The van der Waals surface area contributed by atoms with Gasteiger partial charge >= 0.3 is 6.03 Å². The molecule has 1 aliphatic heterocycles. The zero-order chi connectivity index (χ0) is 21.5. The SMILES string of the molecule is CNC(=O)c1ccc2c(c1)nc(-c1ccnc(OC)c1)n2C1=CC2=NC(=O)NC2C=C1. The number of amides is 3. The zero-order valence-electron chi connectivity index (χ0n) is 16.8. The first kappa shape index (κ1) is 18.7. The summed E-state index contributed by atoms with van der Waals surface area (Å²) in [5.74, 6) is 0.926. The number of nitrogens with zero attached hydrogens (tertiary/aromatic N) is 4. The van der Waals surface area contributed by atoms with E-state index in [4.69, 9.17) is 9.72 Å². The molecule has 0 radical (unpaired) electrons. The van der Waals surface area contributed by atoms with E-state index in [0.717, 1.165) is 16.8 Å². The van der Waals surface area contributed by atoms with Gasteiger partial charge in [-0.25, -0.2) is 14.8 Å². The molecule has 1 aliphatic carbocycles. The molecule has 154 valence electrons. The van der Waals surface area contributed by atoms with Crippen molar-refractivity contribution in [2.45, 2.75) is 6.04 Å². The Hall–Kier alpha value is -4.27. The Kier molecular flexibility index (Phi) is 4.36. The third-order valence-corrected chi connectivity index (χ3v) is 5.19. The highest BCUT2D eigenvalue weighted by molar-refractivity contribution is 6.16. The first-order valence-electron chi connectivity index (χ1n) is 9.62. The van der Waals surface area contributed by atoms with E-state index in [-0.39, 0.29) is 18.0 Å². The molecule has 2 aliphatic rings. The van der Waals surface area contributed by atoms with E-state index in [0.29, 0.717) is 28.5 Å². The van der Waals surface area contributed by atoms with Crippen molar-refractivity contribution in [1.29, 1.82) is 0 Å². The molecule has 0 saturated carbocycles. The number of allylic oxidation sites excluding steroid dienone is 2. The van der Waals surface area contributed by atoms with Crippen molar-refractivity contribution < 1.29 is 14.3 Å². The predicted molar refractivity (Wildman–Crippen MR) is 116 cm³/mol. The number of imidazole rings is 1. The highest BCUT2D eigenvalue weighted by Crippen LogP contribution is 2.32.